The van der Waals surface area contributed by atoms with Crippen molar-refractivity contribution in [2.24, 2.45) is 0 Å². The molecule has 5 rings (SSSR count). The zero-order chi connectivity index (χ0) is 17.4. The summed E-state index contributed by atoms with van der Waals surface area (Å²) >= 11 is 0. The lowest BCUT2D eigenvalue weighted by Crippen LogP contribution is -2.45. The van der Waals surface area contributed by atoms with Gasteiger partial charge in [0.15, 0.2) is 0 Å². The predicted octanol–water partition coefficient (Wildman–Crippen LogP) is 2.96. The smallest absolute Gasteiger partial charge is 0.229 e. The van der Waals surface area contributed by atoms with Gasteiger partial charge in [-0.2, -0.15) is 0 Å². The number of nitrogens with zero attached hydrogens (tertiary/aromatic N) is 6. The van der Waals surface area contributed by atoms with Gasteiger partial charge in [-0.3, -0.25) is 4.98 Å². The van der Waals surface area contributed by atoms with E-state index in [1.165, 1.54) is 11.3 Å². The van der Waals surface area contributed by atoms with Crippen LogP contribution < -0.4 is 9.80 Å². The van der Waals surface area contributed by atoms with Gasteiger partial charge in [-0.1, -0.05) is 18.2 Å². The van der Waals surface area contributed by atoms with Crippen molar-refractivity contribution in [2.75, 3.05) is 29.4 Å². The van der Waals surface area contributed by atoms with E-state index in [0.717, 1.165) is 44.2 Å². The van der Waals surface area contributed by atoms with Crippen molar-refractivity contribution >= 4 is 17.5 Å². The summed E-state index contributed by atoms with van der Waals surface area (Å²) < 4.78 is 0. The van der Waals surface area contributed by atoms with Crippen LogP contribution in [0.15, 0.2) is 61.3 Å². The third-order valence-electron chi connectivity index (χ3n) is 5.61. The molecule has 0 aliphatic carbocycles. The van der Waals surface area contributed by atoms with E-state index < -0.39 is 0 Å². The molecule has 0 unspecified atom stereocenters. The molecule has 2 aliphatic heterocycles. The van der Waals surface area contributed by atoms with Crippen molar-refractivity contribution in [1.29, 1.82) is 0 Å². The fraction of sp³-hybridized carbons (Fsp3) is 0.300. The topological polar surface area (TPSA) is 58.0 Å². The van der Waals surface area contributed by atoms with Gasteiger partial charge in [0.2, 0.25) is 5.95 Å². The summed E-state index contributed by atoms with van der Waals surface area (Å²) in [5.74, 6) is 1.75. The first kappa shape index (κ1) is 15.3. The average molecular weight is 344 g/mol. The molecule has 4 heterocycles. The highest BCUT2D eigenvalue weighted by Crippen LogP contribution is 2.48. The molecule has 2 aromatic heterocycles. The molecule has 3 aromatic rings. The van der Waals surface area contributed by atoms with Crippen LogP contribution in [0, 0.1) is 0 Å². The Morgan fingerprint density at radius 1 is 0.846 bits per heavy atom. The Hall–Kier alpha value is -3.02. The largest absolute Gasteiger partial charge is 0.355 e. The molecule has 1 aromatic carbocycles. The average Bonchev–Trinajstić information content (AvgIpc) is 3.04. The van der Waals surface area contributed by atoms with Crippen LogP contribution in [0.25, 0.3) is 0 Å². The summed E-state index contributed by atoms with van der Waals surface area (Å²) in [4.78, 5) is 22.2. The summed E-state index contributed by atoms with van der Waals surface area (Å²) in [5.41, 5.74) is 2.81. The third-order valence-corrected chi connectivity index (χ3v) is 5.61. The maximum absolute atomic E-state index is 4.49. The number of rotatable bonds is 2. The van der Waals surface area contributed by atoms with E-state index in [9.17, 15) is 0 Å². The van der Waals surface area contributed by atoms with Gasteiger partial charge < -0.3 is 9.80 Å². The van der Waals surface area contributed by atoms with Crippen molar-refractivity contribution < 1.29 is 0 Å². The molecule has 6 heteroatoms. The van der Waals surface area contributed by atoms with Gasteiger partial charge in [0, 0.05) is 55.5 Å². The quantitative estimate of drug-likeness (QED) is 0.712. The van der Waals surface area contributed by atoms with Crippen molar-refractivity contribution in [3.8, 4) is 0 Å². The lowest BCUT2D eigenvalue weighted by Gasteiger charge is -2.40. The molecule has 0 bridgehead atoms. The van der Waals surface area contributed by atoms with E-state index in [0.29, 0.717) is 0 Å². The number of aromatic nitrogens is 4. The monoisotopic (exact) mass is 344 g/mol. The van der Waals surface area contributed by atoms with Crippen LogP contribution in [0.1, 0.15) is 18.4 Å². The Bertz CT molecular complexity index is 890. The van der Waals surface area contributed by atoms with Gasteiger partial charge in [0.25, 0.3) is 0 Å². The second-order valence-electron chi connectivity index (χ2n) is 6.98. The zero-order valence-electron chi connectivity index (χ0n) is 14.5. The normalized spacial score (nSPS) is 18.2. The minimum atomic E-state index is 0.147. The van der Waals surface area contributed by atoms with Gasteiger partial charge >= 0.3 is 0 Å². The minimum absolute atomic E-state index is 0.147. The Morgan fingerprint density at radius 3 is 2.42 bits per heavy atom. The molecule has 130 valence electrons. The second kappa shape index (κ2) is 6.05. The minimum Gasteiger partial charge on any atom is -0.355 e. The zero-order valence-corrected chi connectivity index (χ0v) is 14.5. The molecule has 2 aliphatic rings. The third kappa shape index (κ3) is 2.41. The fourth-order valence-corrected chi connectivity index (χ4v) is 4.29. The number of hydrogen-bond acceptors (Lipinski definition) is 6. The number of benzene rings is 1. The lowest BCUT2D eigenvalue weighted by molar-refractivity contribution is 0.353. The predicted molar refractivity (Wildman–Crippen MR) is 101 cm³/mol. The van der Waals surface area contributed by atoms with Crippen molar-refractivity contribution in [3.05, 3.63) is 66.9 Å². The van der Waals surface area contributed by atoms with Crippen LogP contribution >= 0.6 is 0 Å². The Labute approximate surface area is 152 Å². The summed E-state index contributed by atoms with van der Waals surface area (Å²) in [6.45, 7) is 2.90. The standard InChI is InChI=1S/C20H20N6/c1-2-5-17-16(4-1)20(15-26(17)19-23-8-3-9-24-19)6-12-25(13-7-20)18-14-21-10-11-22-18/h1-5,8-11,14H,6-7,12-13,15H2. The molecule has 1 spiro atoms. The van der Waals surface area contributed by atoms with Crippen LogP contribution in [0.2, 0.25) is 0 Å². The molecule has 6 nitrogen and oxygen atoms in total. The number of fused-ring (bicyclic) bond motifs is 2. The molecule has 0 radical (unpaired) electrons. The molecule has 0 N–H and O–H groups in total. The molecule has 1 fully saturated rings. The van der Waals surface area contributed by atoms with Gasteiger partial charge in [0.05, 0.1) is 6.20 Å². The van der Waals surface area contributed by atoms with Gasteiger partial charge in [0.1, 0.15) is 5.82 Å². The van der Waals surface area contributed by atoms with E-state index in [-0.39, 0.29) is 5.41 Å². The highest BCUT2D eigenvalue weighted by Gasteiger charge is 2.45. The van der Waals surface area contributed by atoms with E-state index in [1.807, 2.05) is 24.7 Å². The summed E-state index contributed by atoms with van der Waals surface area (Å²) in [7, 11) is 0. The second-order valence-corrected chi connectivity index (χ2v) is 6.98. The van der Waals surface area contributed by atoms with Crippen molar-refractivity contribution in [1.82, 2.24) is 19.9 Å². The first-order valence-electron chi connectivity index (χ1n) is 9.01. The lowest BCUT2D eigenvalue weighted by atomic mass is 9.74. The Morgan fingerprint density at radius 2 is 1.65 bits per heavy atom. The van der Waals surface area contributed by atoms with Gasteiger partial charge in [-0.25, -0.2) is 15.0 Å². The number of hydrogen-bond donors (Lipinski definition) is 0. The Kier molecular flexibility index (Phi) is 3.55. The molecular weight excluding hydrogens is 324 g/mol. The van der Waals surface area contributed by atoms with E-state index >= 15 is 0 Å². The number of piperidine rings is 1. The number of anilines is 3. The number of para-hydroxylation sites is 1. The SMILES string of the molecule is c1cnc(N2CC3(CCN(c4cnccn4)CC3)c3ccccc32)nc1. The Balaban J connectivity index is 1.45. The van der Waals surface area contributed by atoms with E-state index in [4.69, 9.17) is 0 Å². The molecule has 0 saturated carbocycles. The summed E-state index contributed by atoms with van der Waals surface area (Å²) in [6, 6.07) is 10.6. The molecule has 1 saturated heterocycles. The maximum atomic E-state index is 4.49. The molecule has 26 heavy (non-hydrogen) atoms. The highest BCUT2D eigenvalue weighted by atomic mass is 15.3. The first-order chi connectivity index (χ1) is 12.9. The van der Waals surface area contributed by atoms with Crippen LogP contribution in [0.3, 0.4) is 0 Å². The van der Waals surface area contributed by atoms with Crippen LogP contribution in [-0.2, 0) is 5.41 Å². The van der Waals surface area contributed by atoms with E-state index in [1.54, 1.807) is 12.4 Å². The summed E-state index contributed by atoms with van der Waals surface area (Å²) in [5, 5.41) is 0. The van der Waals surface area contributed by atoms with Crippen LogP contribution in [0.4, 0.5) is 17.5 Å². The van der Waals surface area contributed by atoms with Crippen LogP contribution in [0.5, 0.6) is 0 Å². The molecular formula is C20H20N6. The van der Waals surface area contributed by atoms with Gasteiger partial charge in [-0.05, 0) is 30.5 Å². The molecule has 0 atom stereocenters. The first-order valence-corrected chi connectivity index (χ1v) is 9.01. The van der Waals surface area contributed by atoms with Crippen molar-refractivity contribution in [2.45, 2.75) is 18.3 Å². The highest BCUT2D eigenvalue weighted by molar-refractivity contribution is 5.69. The van der Waals surface area contributed by atoms with Crippen LogP contribution in [-0.4, -0.2) is 39.6 Å². The summed E-state index contributed by atoms with van der Waals surface area (Å²) in [6.07, 6.45) is 11.1. The fourth-order valence-electron chi connectivity index (χ4n) is 4.29. The van der Waals surface area contributed by atoms with E-state index in [2.05, 4.69) is 54.0 Å². The molecule has 0 amide bonds. The van der Waals surface area contributed by atoms with Crippen molar-refractivity contribution in [3.63, 3.8) is 0 Å². The van der Waals surface area contributed by atoms with Gasteiger partial charge in [-0.15, -0.1) is 0 Å². The maximum Gasteiger partial charge on any atom is 0.229 e.